The van der Waals surface area contributed by atoms with E-state index in [2.05, 4.69) is 91.6 Å². The molecule has 0 aliphatic rings. The summed E-state index contributed by atoms with van der Waals surface area (Å²) in [6, 6.07) is 31.2. The molecule has 0 N–H and O–H groups in total. The lowest BCUT2D eigenvalue weighted by Crippen LogP contribution is -2.11. The van der Waals surface area contributed by atoms with Crippen molar-refractivity contribution in [2.75, 3.05) is 6.66 Å². The van der Waals surface area contributed by atoms with E-state index in [4.69, 9.17) is 0 Å². The quantitative estimate of drug-likeness (QED) is 0.291. The molecular formula is C23H17P. The van der Waals surface area contributed by atoms with Gasteiger partial charge >= 0.3 is 0 Å². The summed E-state index contributed by atoms with van der Waals surface area (Å²) in [7, 11) is -0.348. The van der Waals surface area contributed by atoms with Crippen LogP contribution in [0.2, 0.25) is 0 Å². The molecule has 0 nitrogen and oxygen atoms in total. The van der Waals surface area contributed by atoms with Gasteiger partial charge in [0.1, 0.15) is 0 Å². The highest BCUT2D eigenvalue weighted by Gasteiger charge is 2.15. The maximum atomic E-state index is 2.37. The van der Waals surface area contributed by atoms with E-state index in [0.29, 0.717) is 0 Å². The second-order valence-electron chi connectivity index (χ2n) is 6.34. The molecule has 0 radical (unpaired) electrons. The SMILES string of the molecule is CP(c1ccccc1)c1ccc2ccc3cccc4ccc1c2c34. The minimum atomic E-state index is -0.348. The van der Waals surface area contributed by atoms with Gasteiger partial charge in [-0.1, -0.05) is 84.9 Å². The van der Waals surface area contributed by atoms with Crippen molar-refractivity contribution in [2.45, 2.75) is 0 Å². The third-order valence-electron chi connectivity index (χ3n) is 5.01. The molecule has 0 saturated carbocycles. The highest BCUT2D eigenvalue weighted by atomic mass is 31.1. The van der Waals surface area contributed by atoms with Gasteiger partial charge in [0.2, 0.25) is 0 Å². The molecule has 1 heteroatoms. The molecule has 5 rings (SSSR count). The van der Waals surface area contributed by atoms with E-state index < -0.39 is 0 Å². The normalized spacial score (nSPS) is 13.0. The van der Waals surface area contributed by atoms with Crippen LogP contribution in [0.1, 0.15) is 0 Å². The van der Waals surface area contributed by atoms with E-state index in [1.165, 1.54) is 42.9 Å². The topological polar surface area (TPSA) is 0 Å². The minimum absolute atomic E-state index is 0.348. The predicted molar refractivity (Wildman–Crippen MR) is 109 cm³/mol. The zero-order chi connectivity index (χ0) is 16.1. The molecule has 0 fully saturated rings. The molecule has 114 valence electrons. The van der Waals surface area contributed by atoms with Gasteiger partial charge in [0.05, 0.1) is 0 Å². The Morgan fingerprint density at radius 2 is 1.17 bits per heavy atom. The molecule has 0 amide bonds. The molecule has 24 heavy (non-hydrogen) atoms. The van der Waals surface area contributed by atoms with E-state index >= 15 is 0 Å². The summed E-state index contributed by atoms with van der Waals surface area (Å²) < 4.78 is 0. The van der Waals surface area contributed by atoms with Crippen molar-refractivity contribution in [2.24, 2.45) is 0 Å². The first kappa shape index (κ1) is 14.0. The Labute approximate surface area is 142 Å². The van der Waals surface area contributed by atoms with Crippen LogP contribution >= 0.6 is 7.92 Å². The Kier molecular flexibility index (Phi) is 3.08. The van der Waals surface area contributed by atoms with E-state index in [0.717, 1.165) is 0 Å². The van der Waals surface area contributed by atoms with Crippen molar-refractivity contribution < 1.29 is 0 Å². The van der Waals surface area contributed by atoms with Crippen molar-refractivity contribution in [3.63, 3.8) is 0 Å². The Balaban J connectivity index is 1.87. The van der Waals surface area contributed by atoms with Gasteiger partial charge in [-0.3, -0.25) is 0 Å². The van der Waals surface area contributed by atoms with Crippen LogP contribution in [0.25, 0.3) is 32.3 Å². The second kappa shape index (κ2) is 5.30. The van der Waals surface area contributed by atoms with E-state index in [1.807, 2.05) is 0 Å². The number of rotatable bonds is 2. The molecule has 0 aromatic heterocycles. The largest absolute Gasteiger partial charge is 0.0622 e. The van der Waals surface area contributed by atoms with Crippen molar-refractivity contribution >= 4 is 50.8 Å². The molecular weight excluding hydrogens is 307 g/mol. The summed E-state index contributed by atoms with van der Waals surface area (Å²) in [6.07, 6.45) is 0. The lowest BCUT2D eigenvalue weighted by Gasteiger charge is -2.18. The Morgan fingerprint density at radius 3 is 1.92 bits per heavy atom. The molecule has 1 unspecified atom stereocenters. The molecule has 0 saturated heterocycles. The molecule has 5 aromatic rings. The van der Waals surface area contributed by atoms with Gasteiger partial charge in [0.15, 0.2) is 0 Å². The molecule has 0 aliphatic carbocycles. The van der Waals surface area contributed by atoms with E-state index in [1.54, 1.807) is 0 Å². The lowest BCUT2D eigenvalue weighted by molar-refractivity contribution is 1.77. The van der Waals surface area contributed by atoms with Gasteiger partial charge in [0, 0.05) is 0 Å². The highest BCUT2D eigenvalue weighted by Crippen LogP contribution is 2.38. The van der Waals surface area contributed by atoms with Crippen molar-refractivity contribution in [1.82, 2.24) is 0 Å². The summed E-state index contributed by atoms with van der Waals surface area (Å²) in [4.78, 5) is 0. The summed E-state index contributed by atoms with van der Waals surface area (Å²) in [6.45, 7) is 2.37. The number of hydrogen-bond donors (Lipinski definition) is 0. The van der Waals surface area contributed by atoms with Crippen LogP contribution in [0.15, 0.2) is 84.9 Å². The fraction of sp³-hybridized carbons (Fsp3) is 0.0435. The highest BCUT2D eigenvalue weighted by molar-refractivity contribution is 7.72. The van der Waals surface area contributed by atoms with Crippen molar-refractivity contribution in [3.8, 4) is 0 Å². The number of hydrogen-bond acceptors (Lipinski definition) is 0. The van der Waals surface area contributed by atoms with Crippen LogP contribution in [0, 0.1) is 0 Å². The third-order valence-corrected chi connectivity index (χ3v) is 7.20. The molecule has 0 heterocycles. The zero-order valence-electron chi connectivity index (χ0n) is 13.5. The summed E-state index contributed by atoms with van der Waals surface area (Å²) in [5, 5.41) is 11.2. The first-order chi connectivity index (χ1) is 11.8. The standard InChI is InChI=1S/C23H17P/c1-24(19-8-3-2-4-9-19)21-15-13-18-11-10-16-6-5-7-17-12-14-20(21)23(18)22(16)17/h2-15H,1H3. The van der Waals surface area contributed by atoms with Crippen molar-refractivity contribution in [3.05, 3.63) is 84.9 Å². The Bertz CT molecular complexity index is 1140. The lowest BCUT2D eigenvalue weighted by atomic mass is 9.94. The minimum Gasteiger partial charge on any atom is -0.0622 e. The first-order valence-electron chi connectivity index (χ1n) is 8.28. The van der Waals surface area contributed by atoms with Crippen LogP contribution in [0.5, 0.6) is 0 Å². The molecule has 0 bridgehead atoms. The van der Waals surface area contributed by atoms with Crippen LogP contribution in [0.3, 0.4) is 0 Å². The van der Waals surface area contributed by atoms with Gasteiger partial charge in [-0.2, -0.15) is 0 Å². The fourth-order valence-corrected chi connectivity index (χ4v) is 5.55. The van der Waals surface area contributed by atoms with Crippen LogP contribution in [0.4, 0.5) is 0 Å². The van der Waals surface area contributed by atoms with E-state index in [-0.39, 0.29) is 7.92 Å². The Morgan fingerprint density at radius 1 is 0.542 bits per heavy atom. The maximum Gasteiger partial charge on any atom is -0.00203 e. The average molecular weight is 324 g/mol. The van der Waals surface area contributed by atoms with E-state index in [9.17, 15) is 0 Å². The average Bonchev–Trinajstić information content (AvgIpc) is 2.66. The van der Waals surface area contributed by atoms with Gasteiger partial charge in [0.25, 0.3) is 0 Å². The summed E-state index contributed by atoms with van der Waals surface area (Å²) >= 11 is 0. The zero-order valence-corrected chi connectivity index (χ0v) is 14.4. The monoisotopic (exact) mass is 324 g/mol. The molecule has 0 spiro atoms. The van der Waals surface area contributed by atoms with Gasteiger partial charge in [-0.15, -0.1) is 0 Å². The smallest absolute Gasteiger partial charge is 0.00203 e. The predicted octanol–water partition coefficient (Wildman–Crippen LogP) is 5.65. The van der Waals surface area contributed by atoms with Crippen molar-refractivity contribution in [1.29, 1.82) is 0 Å². The fourth-order valence-electron chi connectivity index (χ4n) is 3.80. The summed E-state index contributed by atoms with van der Waals surface area (Å²) in [5.41, 5.74) is 0. The maximum absolute atomic E-state index is 2.37. The van der Waals surface area contributed by atoms with Crippen LogP contribution in [-0.4, -0.2) is 6.66 Å². The van der Waals surface area contributed by atoms with Gasteiger partial charge in [-0.05, 0) is 57.5 Å². The number of benzene rings is 5. The summed E-state index contributed by atoms with van der Waals surface area (Å²) in [5.74, 6) is 0. The van der Waals surface area contributed by atoms with Gasteiger partial charge in [-0.25, -0.2) is 0 Å². The van der Waals surface area contributed by atoms with Crippen LogP contribution < -0.4 is 10.6 Å². The first-order valence-corrected chi connectivity index (χ1v) is 10.1. The molecule has 5 aromatic carbocycles. The van der Waals surface area contributed by atoms with Crippen LogP contribution in [-0.2, 0) is 0 Å². The molecule has 1 atom stereocenters. The Hall–Kier alpha value is -2.43. The molecule has 0 aliphatic heterocycles. The van der Waals surface area contributed by atoms with Gasteiger partial charge < -0.3 is 0 Å². The third kappa shape index (κ3) is 1.97. The second-order valence-corrected chi connectivity index (χ2v) is 8.45.